The van der Waals surface area contributed by atoms with E-state index >= 15 is 0 Å². The Kier molecular flexibility index (Phi) is 5.88. The van der Waals surface area contributed by atoms with E-state index in [1.807, 2.05) is 24.3 Å². The standard InChI is InChI=1S/C20H19FN4O/c21-18-7-2-1-5-15(18)8-11-23-16-9-12-24-19(13-16)20(26)25-14-17-6-3-4-10-22-17/h1-7,9-10,12-13H,8,11,14H2,(H,23,24)(H,25,26). The van der Waals surface area contributed by atoms with Gasteiger partial charge in [-0.15, -0.1) is 0 Å². The van der Waals surface area contributed by atoms with Crippen LogP contribution in [0.4, 0.5) is 10.1 Å². The molecule has 0 aliphatic heterocycles. The lowest BCUT2D eigenvalue weighted by Crippen LogP contribution is -2.24. The lowest BCUT2D eigenvalue weighted by molar-refractivity contribution is 0.0945. The smallest absolute Gasteiger partial charge is 0.270 e. The summed E-state index contributed by atoms with van der Waals surface area (Å²) in [6, 6.07) is 15.7. The molecule has 0 saturated heterocycles. The van der Waals surface area contributed by atoms with Crippen molar-refractivity contribution < 1.29 is 9.18 Å². The van der Waals surface area contributed by atoms with E-state index in [4.69, 9.17) is 0 Å². The van der Waals surface area contributed by atoms with E-state index in [0.717, 1.165) is 11.4 Å². The highest BCUT2D eigenvalue weighted by Crippen LogP contribution is 2.10. The molecule has 2 aromatic heterocycles. The quantitative estimate of drug-likeness (QED) is 0.687. The molecule has 132 valence electrons. The second-order valence-corrected chi connectivity index (χ2v) is 5.70. The number of hydrogen-bond donors (Lipinski definition) is 2. The van der Waals surface area contributed by atoms with Crippen LogP contribution in [-0.2, 0) is 13.0 Å². The molecular weight excluding hydrogens is 331 g/mol. The average Bonchev–Trinajstić information content (AvgIpc) is 2.69. The van der Waals surface area contributed by atoms with Gasteiger partial charge in [-0.2, -0.15) is 0 Å². The summed E-state index contributed by atoms with van der Waals surface area (Å²) in [5.74, 6) is -0.480. The van der Waals surface area contributed by atoms with Gasteiger partial charge in [0.15, 0.2) is 0 Å². The average molecular weight is 350 g/mol. The number of benzene rings is 1. The number of carbonyl (C=O) groups is 1. The number of halogens is 1. The number of rotatable bonds is 7. The Morgan fingerprint density at radius 3 is 2.65 bits per heavy atom. The fraction of sp³-hybridized carbons (Fsp3) is 0.150. The SMILES string of the molecule is O=C(NCc1ccccn1)c1cc(NCCc2ccccc2F)ccn1. The van der Waals surface area contributed by atoms with Crippen LogP contribution in [0.5, 0.6) is 0 Å². The first-order chi connectivity index (χ1) is 12.7. The minimum Gasteiger partial charge on any atom is -0.385 e. The first-order valence-electron chi connectivity index (χ1n) is 8.34. The third kappa shape index (κ3) is 4.86. The van der Waals surface area contributed by atoms with Crippen LogP contribution in [0.3, 0.4) is 0 Å². The Balaban J connectivity index is 1.54. The fourth-order valence-corrected chi connectivity index (χ4v) is 2.47. The van der Waals surface area contributed by atoms with Crippen molar-refractivity contribution in [3.05, 3.63) is 89.8 Å². The van der Waals surface area contributed by atoms with Crippen molar-refractivity contribution in [2.24, 2.45) is 0 Å². The second-order valence-electron chi connectivity index (χ2n) is 5.70. The number of aromatic nitrogens is 2. The van der Waals surface area contributed by atoms with E-state index in [1.54, 1.807) is 36.7 Å². The first-order valence-corrected chi connectivity index (χ1v) is 8.34. The normalized spacial score (nSPS) is 10.3. The van der Waals surface area contributed by atoms with Crippen LogP contribution in [0.25, 0.3) is 0 Å². The molecule has 0 spiro atoms. The monoisotopic (exact) mass is 350 g/mol. The minimum absolute atomic E-state index is 0.210. The number of amides is 1. The van der Waals surface area contributed by atoms with Crippen molar-refractivity contribution in [2.75, 3.05) is 11.9 Å². The Morgan fingerprint density at radius 1 is 1.00 bits per heavy atom. The predicted octanol–water partition coefficient (Wildman–Crippen LogP) is 3.20. The number of hydrogen-bond acceptors (Lipinski definition) is 4. The number of nitrogens with one attached hydrogen (secondary N) is 2. The molecule has 3 aromatic rings. The molecule has 0 saturated carbocycles. The van der Waals surface area contributed by atoms with Crippen LogP contribution in [0.2, 0.25) is 0 Å². The topological polar surface area (TPSA) is 66.9 Å². The largest absolute Gasteiger partial charge is 0.385 e. The number of pyridine rings is 2. The summed E-state index contributed by atoms with van der Waals surface area (Å²) >= 11 is 0. The van der Waals surface area contributed by atoms with Gasteiger partial charge in [0, 0.05) is 24.6 Å². The molecule has 0 atom stereocenters. The molecule has 0 aliphatic rings. The lowest BCUT2D eigenvalue weighted by Gasteiger charge is -2.09. The predicted molar refractivity (Wildman–Crippen MR) is 98.2 cm³/mol. The first kappa shape index (κ1) is 17.5. The van der Waals surface area contributed by atoms with E-state index in [0.29, 0.717) is 30.8 Å². The van der Waals surface area contributed by atoms with Gasteiger partial charge in [-0.1, -0.05) is 24.3 Å². The lowest BCUT2D eigenvalue weighted by atomic mass is 10.1. The van der Waals surface area contributed by atoms with E-state index in [9.17, 15) is 9.18 Å². The molecule has 1 amide bonds. The summed E-state index contributed by atoms with van der Waals surface area (Å²) in [5.41, 5.74) is 2.51. The fourth-order valence-electron chi connectivity index (χ4n) is 2.47. The van der Waals surface area contributed by atoms with Crippen molar-refractivity contribution in [3.63, 3.8) is 0 Å². The maximum absolute atomic E-state index is 13.6. The number of anilines is 1. The Bertz CT molecular complexity index is 870. The molecule has 2 N–H and O–H groups in total. The Morgan fingerprint density at radius 2 is 1.85 bits per heavy atom. The molecule has 0 fully saturated rings. The third-order valence-electron chi connectivity index (χ3n) is 3.83. The molecule has 6 heteroatoms. The van der Waals surface area contributed by atoms with Gasteiger partial charge in [-0.05, 0) is 42.3 Å². The highest BCUT2D eigenvalue weighted by molar-refractivity contribution is 5.93. The third-order valence-corrected chi connectivity index (χ3v) is 3.83. The van der Waals surface area contributed by atoms with Crippen molar-refractivity contribution in [2.45, 2.75) is 13.0 Å². The van der Waals surface area contributed by atoms with Crippen LogP contribution in [0.1, 0.15) is 21.7 Å². The molecule has 2 heterocycles. The zero-order chi connectivity index (χ0) is 18.2. The molecule has 1 aromatic carbocycles. The van der Waals surface area contributed by atoms with E-state index in [1.165, 1.54) is 6.07 Å². The van der Waals surface area contributed by atoms with Gasteiger partial charge < -0.3 is 10.6 Å². The molecule has 26 heavy (non-hydrogen) atoms. The van der Waals surface area contributed by atoms with Crippen LogP contribution in [0, 0.1) is 5.82 Å². The molecule has 0 bridgehead atoms. The molecule has 3 rings (SSSR count). The van der Waals surface area contributed by atoms with Crippen LogP contribution >= 0.6 is 0 Å². The highest BCUT2D eigenvalue weighted by atomic mass is 19.1. The van der Waals surface area contributed by atoms with Crippen molar-refractivity contribution >= 4 is 11.6 Å². The van der Waals surface area contributed by atoms with Crippen LogP contribution in [0.15, 0.2) is 67.0 Å². The van der Waals surface area contributed by atoms with Gasteiger partial charge in [0.1, 0.15) is 11.5 Å². The van der Waals surface area contributed by atoms with E-state index in [2.05, 4.69) is 20.6 Å². The highest BCUT2D eigenvalue weighted by Gasteiger charge is 2.08. The maximum Gasteiger partial charge on any atom is 0.270 e. The molecule has 0 radical (unpaired) electrons. The van der Waals surface area contributed by atoms with Gasteiger partial charge in [-0.3, -0.25) is 14.8 Å². The van der Waals surface area contributed by atoms with Crippen LogP contribution in [-0.4, -0.2) is 22.4 Å². The maximum atomic E-state index is 13.6. The summed E-state index contributed by atoms with van der Waals surface area (Å²) < 4.78 is 13.6. The molecule has 0 unspecified atom stereocenters. The zero-order valence-corrected chi connectivity index (χ0v) is 14.2. The molecule has 5 nitrogen and oxygen atoms in total. The molecule has 0 aliphatic carbocycles. The number of nitrogens with zero attached hydrogens (tertiary/aromatic N) is 2. The van der Waals surface area contributed by atoms with Gasteiger partial charge in [-0.25, -0.2) is 4.39 Å². The number of carbonyl (C=O) groups excluding carboxylic acids is 1. The molecular formula is C20H19FN4O. The van der Waals surface area contributed by atoms with E-state index in [-0.39, 0.29) is 11.7 Å². The Labute approximate surface area is 151 Å². The van der Waals surface area contributed by atoms with Gasteiger partial charge >= 0.3 is 0 Å². The summed E-state index contributed by atoms with van der Waals surface area (Å²) in [6.07, 6.45) is 3.80. The van der Waals surface area contributed by atoms with Gasteiger partial charge in [0.05, 0.1) is 12.2 Å². The van der Waals surface area contributed by atoms with Crippen molar-refractivity contribution in [1.82, 2.24) is 15.3 Å². The summed E-state index contributed by atoms with van der Waals surface area (Å²) in [6.45, 7) is 0.895. The van der Waals surface area contributed by atoms with E-state index < -0.39 is 0 Å². The Hall–Kier alpha value is -3.28. The van der Waals surface area contributed by atoms with Crippen molar-refractivity contribution in [1.29, 1.82) is 0 Å². The van der Waals surface area contributed by atoms with Crippen LogP contribution < -0.4 is 10.6 Å². The summed E-state index contributed by atoms with van der Waals surface area (Å²) in [5, 5.41) is 5.98. The summed E-state index contributed by atoms with van der Waals surface area (Å²) in [4.78, 5) is 20.5. The van der Waals surface area contributed by atoms with Gasteiger partial charge in [0.2, 0.25) is 0 Å². The summed E-state index contributed by atoms with van der Waals surface area (Å²) in [7, 11) is 0. The zero-order valence-electron chi connectivity index (χ0n) is 14.2. The van der Waals surface area contributed by atoms with Gasteiger partial charge in [0.25, 0.3) is 5.91 Å². The minimum atomic E-state index is -0.270. The van der Waals surface area contributed by atoms with Crippen molar-refractivity contribution in [3.8, 4) is 0 Å². The second kappa shape index (κ2) is 8.71.